The highest BCUT2D eigenvalue weighted by Crippen LogP contribution is 2.39. The summed E-state index contributed by atoms with van der Waals surface area (Å²) in [5.74, 6) is -0.300. The zero-order valence-electron chi connectivity index (χ0n) is 19.8. The van der Waals surface area contributed by atoms with Crippen LogP contribution in [0.3, 0.4) is 0 Å². The SMILES string of the molecule is Cc1ccc(S(=O)(=O)N2CC(C(=O)NC(C)c3ccc(S(C)(=O)=O)cc3)Oc3ccc(Cl)cc32)cc1. The summed E-state index contributed by atoms with van der Waals surface area (Å²) in [6.07, 6.45) is -0.00801. The molecule has 3 aromatic carbocycles. The van der Waals surface area contributed by atoms with E-state index in [-0.39, 0.29) is 27.8 Å². The Bertz CT molecular complexity index is 1510. The van der Waals surface area contributed by atoms with Crippen LogP contribution in [-0.4, -0.2) is 41.6 Å². The Hall–Kier alpha value is -3.08. The second kappa shape index (κ2) is 9.76. The van der Waals surface area contributed by atoms with E-state index in [0.29, 0.717) is 10.6 Å². The van der Waals surface area contributed by atoms with Gasteiger partial charge in [0.25, 0.3) is 15.9 Å². The average molecular weight is 549 g/mol. The molecule has 1 N–H and O–H groups in total. The minimum Gasteiger partial charge on any atom is -0.476 e. The lowest BCUT2D eigenvalue weighted by atomic mass is 10.1. The van der Waals surface area contributed by atoms with E-state index in [9.17, 15) is 21.6 Å². The highest BCUT2D eigenvalue weighted by Gasteiger charge is 2.38. The number of hydrogen-bond donors (Lipinski definition) is 1. The number of amides is 1. The molecule has 1 aliphatic heterocycles. The number of carbonyl (C=O) groups is 1. The minimum absolute atomic E-state index is 0.0828. The van der Waals surface area contributed by atoms with Gasteiger partial charge in [-0.15, -0.1) is 0 Å². The van der Waals surface area contributed by atoms with Crippen LogP contribution in [0.4, 0.5) is 5.69 Å². The Balaban J connectivity index is 1.60. The molecule has 0 bridgehead atoms. The number of nitrogens with one attached hydrogen (secondary N) is 1. The number of carbonyl (C=O) groups excluding carboxylic acids is 1. The lowest BCUT2D eigenvalue weighted by molar-refractivity contribution is -0.128. The molecule has 0 saturated carbocycles. The first-order chi connectivity index (χ1) is 16.9. The molecule has 0 saturated heterocycles. The Kier molecular flexibility index (Phi) is 7.05. The number of fused-ring (bicyclic) bond motifs is 1. The molecule has 2 atom stereocenters. The Labute approximate surface area is 215 Å². The lowest BCUT2D eigenvalue weighted by Gasteiger charge is -2.35. The van der Waals surface area contributed by atoms with E-state index in [2.05, 4.69) is 5.32 Å². The molecular weight excluding hydrogens is 524 g/mol. The van der Waals surface area contributed by atoms with Gasteiger partial charge in [0.1, 0.15) is 5.75 Å². The first kappa shape index (κ1) is 26.0. The molecule has 2 unspecified atom stereocenters. The van der Waals surface area contributed by atoms with E-state index in [1.54, 1.807) is 37.3 Å². The number of halogens is 1. The zero-order chi connectivity index (χ0) is 26.3. The number of nitrogens with zero attached hydrogens (tertiary/aromatic N) is 1. The molecule has 11 heteroatoms. The Morgan fingerprint density at radius 3 is 2.22 bits per heavy atom. The molecule has 36 heavy (non-hydrogen) atoms. The van der Waals surface area contributed by atoms with Crippen molar-refractivity contribution in [2.45, 2.75) is 35.8 Å². The van der Waals surface area contributed by atoms with E-state index in [0.717, 1.165) is 16.1 Å². The molecule has 4 rings (SSSR count). The zero-order valence-corrected chi connectivity index (χ0v) is 22.2. The fraction of sp³-hybridized carbons (Fsp3) is 0.240. The van der Waals surface area contributed by atoms with Crippen LogP contribution in [0.15, 0.2) is 76.5 Å². The standard InChI is InChI=1S/C25H25ClN2O6S2/c1-16-4-9-21(10-5-16)36(32,33)28-15-24(34-23-13-8-19(26)14-22(23)28)25(29)27-17(2)18-6-11-20(12-7-18)35(3,30)31/h4-14,17,24H,15H2,1-3H3,(H,27,29). The molecule has 0 radical (unpaired) electrons. The monoisotopic (exact) mass is 548 g/mol. The van der Waals surface area contributed by atoms with Crippen molar-refractivity contribution in [3.8, 4) is 5.75 Å². The average Bonchev–Trinajstić information content (AvgIpc) is 2.83. The molecule has 3 aromatic rings. The second-order valence-corrected chi connectivity index (χ2v) is 13.0. The van der Waals surface area contributed by atoms with E-state index >= 15 is 0 Å². The number of ether oxygens (including phenoxy) is 1. The minimum atomic E-state index is -4.02. The van der Waals surface area contributed by atoms with Crippen LogP contribution in [0.2, 0.25) is 5.02 Å². The number of benzene rings is 3. The summed E-state index contributed by atoms with van der Waals surface area (Å²) in [5, 5.41) is 3.15. The van der Waals surface area contributed by atoms with Crippen molar-refractivity contribution in [3.05, 3.63) is 82.9 Å². The van der Waals surface area contributed by atoms with Crippen molar-refractivity contribution in [3.63, 3.8) is 0 Å². The molecule has 0 aliphatic carbocycles. The van der Waals surface area contributed by atoms with Gasteiger partial charge in [-0.05, 0) is 61.9 Å². The van der Waals surface area contributed by atoms with Gasteiger partial charge >= 0.3 is 0 Å². The molecule has 0 fully saturated rings. The van der Waals surface area contributed by atoms with Gasteiger partial charge < -0.3 is 10.1 Å². The molecule has 1 heterocycles. The predicted octanol–water partition coefficient (Wildman–Crippen LogP) is 3.89. The predicted molar refractivity (Wildman–Crippen MR) is 138 cm³/mol. The fourth-order valence-electron chi connectivity index (χ4n) is 3.82. The van der Waals surface area contributed by atoms with Gasteiger partial charge in [0.05, 0.1) is 28.1 Å². The number of aryl methyl sites for hydroxylation is 1. The van der Waals surface area contributed by atoms with Crippen LogP contribution >= 0.6 is 11.6 Å². The third-order valence-corrected chi connectivity index (χ3v) is 9.02. The summed E-state index contributed by atoms with van der Waals surface area (Å²) in [7, 11) is -7.36. The summed E-state index contributed by atoms with van der Waals surface area (Å²) in [4.78, 5) is 13.4. The maximum atomic E-state index is 13.5. The number of sulfone groups is 1. The highest BCUT2D eigenvalue weighted by atomic mass is 35.5. The molecule has 8 nitrogen and oxygen atoms in total. The summed E-state index contributed by atoms with van der Waals surface area (Å²) < 4.78 is 57.5. The van der Waals surface area contributed by atoms with Crippen molar-refractivity contribution in [1.82, 2.24) is 5.32 Å². The van der Waals surface area contributed by atoms with Crippen LogP contribution in [0.25, 0.3) is 0 Å². The Morgan fingerprint density at radius 2 is 1.61 bits per heavy atom. The molecule has 190 valence electrons. The summed E-state index contributed by atoms with van der Waals surface area (Å²) >= 11 is 6.14. The summed E-state index contributed by atoms with van der Waals surface area (Å²) in [6.45, 7) is 3.34. The third kappa shape index (κ3) is 5.35. The maximum absolute atomic E-state index is 13.5. The van der Waals surface area contributed by atoms with Crippen LogP contribution in [0.1, 0.15) is 24.1 Å². The largest absolute Gasteiger partial charge is 0.476 e. The topological polar surface area (TPSA) is 110 Å². The van der Waals surface area contributed by atoms with Crippen LogP contribution in [-0.2, 0) is 24.7 Å². The van der Waals surface area contributed by atoms with Crippen molar-refractivity contribution in [2.24, 2.45) is 0 Å². The Morgan fingerprint density at radius 1 is 1.00 bits per heavy atom. The van der Waals surface area contributed by atoms with Crippen molar-refractivity contribution >= 4 is 43.1 Å². The molecule has 0 spiro atoms. The van der Waals surface area contributed by atoms with Gasteiger partial charge in [-0.3, -0.25) is 9.10 Å². The number of sulfonamides is 1. The molecular formula is C25H25ClN2O6S2. The summed E-state index contributed by atoms with van der Waals surface area (Å²) in [5.41, 5.74) is 1.84. The number of anilines is 1. The summed E-state index contributed by atoms with van der Waals surface area (Å²) in [6, 6.07) is 16.7. The first-order valence-electron chi connectivity index (χ1n) is 11.0. The highest BCUT2D eigenvalue weighted by molar-refractivity contribution is 7.92. The second-order valence-electron chi connectivity index (χ2n) is 8.64. The smallest absolute Gasteiger partial charge is 0.264 e. The van der Waals surface area contributed by atoms with Crippen molar-refractivity contribution in [2.75, 3.05) is 17.1 Å². The lowest BCUT2D eigenvalue weighted by Crippen LogP contribution is -2.51. The fourth-order valence-corrected chi connectivity index (χ4v) is 6.08. The van der Waals surface area contributed by atoms with E-state index in [1.165, 1.54) is 36.4 Å². The van der Waals surface area contributed by atoms with Gasteiger partial charge in [-0.2, -0.15) is 0 Å². The first-order valence-corrected chi connectivity index (χ1v) is 14.7. The molecule has 1 aliphatic rings. The van der Waals surface area contributed by atoms with Gasteiger partial charge in [0, 0.05) is 11.3 Å². The third-order valence-electron chi connectivity index (χ3n) is 5.86. The van der Waals surface area contributed by atoms with Gasteiger partial charge in [0.15, 0.2) is 15.9 Å². The van der Waals surface area contributed by atoms with E-state index in [4.69, 9.17) is 16.3 Å². The van der Waals surface area contributed by atoms with E-state index < -0.39 is 37.9 Å². The van der Waals surface area contributed by atoms with Crippen LogP contribution < -0.4 is 14.4 Å². The molecule has 0 aromatic heterocycles. The van der Waals surface area contributed by atoms with Gasteiger partial charge in [-0.25, -0.2) is 16.8 Å². The van der Waals surface area contributed by atoms with Crippen molar-refractivity contribution < 1.29 is 26.4 Å². The van der Waals surface area contributed by atoms with Crippen LogP contribution in [0, 0.1) is 6.92 Å². The number of rotatable bonds is 6. The van der Waals surface area contributed by atoms with Gasteiger partial charge in [-0.1, -0.05) is 41.4 Å². The quantitative estimate of drug-likeness (QED) is 0.500. The normalized spacial score (nSPS) is 16.6. The van der Waals surface area contributed by atoms with Gasteiger partial charge in [0.2, 0.25) is 0 Å². The van der Waals surface area contributed by atoms with Crippen LogP contribution in [0.5, 0.6) is 5.75 Å². The number of hydrogen-bond acceptors (Lipinski definition) is 6. The molecule has 1 amide bonds. The maximum Gasteiger partial charge on any atom is 0.264 e. The van der Waals surface area contributed by atoms with Crippen molar-refractivity contribution in [1.29, 1.82) is 0 Å². The van der Waals surface area contributed by atoms with E-state index in [1.807, 2.05) is 6.92 Å².